The van der Waals surface area contributed by atoms with Gasteiger partial charge in [-0.25, -0.2) is 9.78 Å². The van der Waals surface area contributed by atoms with Crippen molar-refractivity contribution in [2.24, 2.45) is 0 Å². The number of hydrogen-bond donors (Lipinski definition) is 1. The van der Waals surface area contributed by atoms with Crippen molar-refractivity contribution < 1.29 is 9.53 Å². The Morgan fingerprint density at radius 3 is 2.71 bits per heavy atom. The zero-order chi connectivity index (χ0) is 15.5. The van der Waals surface area contributed by atoms with E-state index in [4.69, 9.17) is 4.74 Å². The van der Waals surface area contributed by atoms with Crippen LogP contribution in [0.4, 0.5) is 0 Å². The lowest BCUT2D eigenvalue weighted by Crippen LogP contribution is -2.53. The molecule has 5 heteroatoms. The van der Waals surface area contributed by atoms with Gasteiger partial charge in [-0.15, -0.1) is 0 Å². The first-order valence-corrected chi connectivity index (χ1v) is 7.33. The van der Waals surface area contributed by atoms with Crippen LogP contribution >= 0.6 is 0 Å². The number of hydrogen-bond acceptors (Lipinski definition) is 4. The summed E-state index contributed by atoms with van der Waals surface area (Å²) >= 11 is 0. The molecular weight excluding hydrogens is 266 g/mol. The van der Waals surface area contributed by atoms with Crippen molar-refractivity contribution in [2.75, 3.05) is 13.7 Å². The molecule has 1 N–H and O–H groups in total. The summed E-state index contributed by atoms with van der Waals surface area (Å²) in [6.45, 7) is 7.11. The molecule has 0 aliphatic heterocycles. The lowest BCUT2D eigenvalue weighted by atomic mass is 10.0. The van der Waals surface area contributed by atoms with Gasteiger partial charge in [-0.05, 0) is 25.6 Å². The van der Waals surface area contributed by atoms with Crippen molar-refractivity contribution in [3.63, 3.8) is 0 Å². The molecule has 0 aliphatic rings. The predicted octanol–water partition coefficient (Wildman–Crippen LogP) is 2.14. The number of rotatable bonds is 6. The largest absolute Gasteiger partial charge is 0.468 e. The summed E-state index contributed by atoms with van der Waals surface area (Å²) in [7, 11) is 1.42. The van der Waals surface area contributed by atoms with Crippen LogP contribution in [0.5, 0.6) is 0 Å². The fraction of sp³-hybridized carbons (Fsp3) is 0.500. The summed E-state index contributed by atoms with van der Waals surface area (Å²) in [4.78, 5) is 16.8. The monoisotopic (exact) mass is 289 g/mol. The van der Waals surface area contributed by atoms with Gasteiger partial charge in [0.2, 0.25) is 0 Å². The van der Waals surface area contributed by atoms with Crippen LogP contribution in [-0.2, 0) is 22.5 Å². The van der Waals surface area contributed by atoms with Crippen LogP contribution < -0.4 is 5.32 Å². The normalized spacial score (nSPS) is 14.1. The summed E-state index contributed by atoms with van der Waals surface area (Å²) in [5.74, 6) is 0.716. The lowest BCUT2D eigenvalue weighted by molar-refractivity contribution is -0.148. The van der Waals surface area contributed by atoms with Gasteiger partial charge in [0.1, 0.15) is 11.4 Å². The maximum absolute atomic E-state index is 12.2. The number of para-hydroxylation sites is 2. The standard InChI is InChI=1S/C16H23N3O2/c1-5-14-18-12-9-7-8-10-13(12)19(14)11-16(3,17-6-2)15(20)21-4/h7-10,17H,5-6,11H2,1-4H3. The van der Waals surface area contributed by atoms with E-state index in [2.05, 4.69) is 21.8 Å². The quantitative estimate of drug-likeness (QED) is 0.828. The Balaban J connectivity index is 2.47. The molecule has 21 heavy (non-hydrogen) atoms. The Morgan fingerprint density at radius 2 is 2.10 bits per heavy atom. The molecule has 1 atom stereocenters. The first-order chi connectivity index (χ1) is 10.1. The Hall–Kier alpha value is -1.88. The van der Waals surface area contributed by atoms with Crippen molar-refractivity contribution >= 4 is 17.0 Å². The number of esters is 1. The second-order valence-electron chi connectivity index (χ2n) is 5.31. The number of carbonyl (C=O) groups is 1. The van der Waals surface area contributed by atoms with E-state index in [1.165, 1.54) is 7.11 Å². The maximum Gasteiger partial charge on any atom is 0.327 e. The second-order valence-corrected chi connectivity index (χ2v) is 5.31. The van der Waals surface area contributed by atoms with E-state index in [9.17, 15) is 4.79 Å². The molecule has 5 nitrogen and oxygen atoms in total. The molecule has 0 radical (unpaired) electrons. The fourth-order valence-corrected chi connectivity index (χ4v) is 2.70. The average Bonchev–Trinajstić information content (AvgIpc) is 2.84. The van der Waals surface area contributed by atoms with Crippen LogP contribution in [0.1, 0.15) is 26.6 Å². The highest BCUT2D eigenvalue weighted by molar-refractivity contribution is 5.81. The minimum Gasteiger partial charge on any atom is -0.468 e. The average molecular weight is 289 g/mol. The van der Waals surface area contributed by atoms with Crippen LogP contribution in [0.3, 0.4) is 0 Å². The van der Waals surface area contributed by atoms with Gasteiger partial charge in [0, 0.05) is 6.42 Å². The maximum atomic E-state index is 12.2. The lowest BCUT2D eigenvalue weighted by Gasteiger charge is -2.28. The summed E-state index contributed by atoms with van der Waals surface area (Å²) in [5.41, 5.74) is 1.23. The Bertz CT molecular complexity index is 635. The zero-order valence-electron chi connectivity index (χ0n) is 13.1. The third-order valence-electron chi connectivity index (χ3n) is 3.73. The minimum atomic E-state index is -0.767. The van der Waals surface area contributed by atoms with Gasteiger partial charge in [0.05, 0.1) is 24.7 Å². The summed E-state index contributed by atoms with van der Waals surface area (Å²) in [6.07, 6.45) is 0.818. The SMILES string of the molecule is CCNC(C)(Cn1c(CC)nc2ccccc21)C(=O)OC. The van der Waals surface area contributed by atoms with Crippen LogP contribution in [0, 0.1) is 0 Å². The van der Waals surface area contributed by atoms with E-state index < -0.39 is 5.54 Å². The predicted molar refractivity (Wildman–Crippen MR) is 83.2 cm³/mol. The highest BCUT2D eigenvalue weighted by Crippen LogP contribution is 2.20. The first kappa shape index (κ1) is 15.5. The number of aryl methyl sites for hydroxylation is 1. The zero-order valence-corrected chi connectivity index (χ0v) is 13.1. The topological polar surface area (TPSA) is 56.2 Å². The molecule has 1 heterocycles. The number of ether oxygens (including phenoxy) is 1. The van der Waals surface area contributed by atoms with Gasteiger partial charge in [-0.2, -0.15) is 0 Å². The van der Waals surface area contributed by atoms with E-state index in [1.807, 2.05) is 38.1 Å². The van der Waals surface area contributed by atoms with Crippen LogP contribution in [-0.4, -0.2) is 34.7 Å². The third-order valence-corrected chi connectivity index (χ3v) is 3.73. The molecule has 0 amide bonds. The van der Waals surface area contributed by atoms with Crippen molar-refractivity contribution in [1.82, 2.24) is 14.9 Å². The van der Waals surface area contributed by atoms with E-state index >= 15 is 0 Å². The summed E-state index contributed by atoms with van der Waals surface area (Å²) < 4.78 is 7.07. The molecule has 0 saturated heterocycles. The molecule has 2 rings (SSSR count). The molecule has 1 aromatic heterocycles. The van der Waals surface area contributed by atoms with Crippen LogP contribution in [0.15, 0.2) is 24.3 Å². The minimum absolute atomic E-state index is 0.260. The number of carbonyl (C=O) groups excluding carboxylic acids is 1. The molecular formula is C16H23N3O2. The van der Waals surface area contributed by atoms with Gasteiger partial charge in [0.25, 0.3) is 0 Å². The smallest absolute Gasteiger partial charge is 0.327 e. The number of nitrogens with zero attached hydrogens (tertiary/aromatic N) is 2. The molecule has 0 fully saturated rings. The van der Waals surface area contributed by atoms with Crippen molar-refractivity contribution in [3.05, 3.63) is 30.1 Å². The number of aromatic nitrogens is 2. The van der Waals surface area contributed by atoms with Crippen molar-refractivity contribution in [2.45, 2.75) is 39.3 Å². The molecule has 0 bridgehead atoms. The molecule has 0 saturated carbocycles. The highest BCUT2D eigenvalue weighted by atomic mass is 16.5. The van der Waals surface area contributed by atoms with Crippen molar-refractivity contribution in [1.29, 1.82) is 0 Å². The summed E-state index contributed by atoms with van der Waals surface area (Å²) in [5, 5.41) is 3.24. The Labute approximate surface area is 125 Å². The van der Waals surface area contributed by atoms with E-state index in [0.717, 1.165) is 23.3 Å². The second kappa shape index (κ2) is 6.26. The highest BCUT2D eigenvalue weighted by Gasteiger charge is 2.35. The van der Waals surface area contributed by atoms with Gasteiger partial charge in [0.15, 0.2) is 0 Å². The molecule has 2 aromatic rings. The van der Waals surface area contributed by atoms with Gasteiger partial charge in [-0.3, -0.25) is 0 Å². The Kier molecular flexibility index (Phi) is 4.63. The first-order valence-electron chi connectivity index (χ1n) is 7.33. The fourth-order valence-electron chi connectivity index (χ4n) is 2.70. The molecule has 114 valence electrons. The number of methoxy groups -OCH3 is 1. The van der Waals surface area contributed by atoms with Crippen LogP contribution in [0.2, 0.25) is 0 Å². The van der Waals surface area contributed by atoms with Gasteiger partial charge in [-0.1, -0.05) is 26.0 Å². The molecule has 0 spiro atoms. The number of likely N-dealkylation sites (N-methyl/N-ethyl adjacent to an activating group) is 1. The number of benzene rings is 1. The van der Waals surface area contributed by atoms with Gasteiger partial charge < -0.3 is 14.6 Å². The number of fused-ring (bicyclic) bond motifs is 1. The molecule has 1 unspecified atom stereocenters. The van der Waals surface area contributed by atoms with E-state index in [1.54, 1.807) is 0 Å². The molecule has 0 aliphatic carbocycles. The molecule has 1 aromatic carbocycles. The third kappa shape index (κ3) is 2.93. The number of nitrogens with one attached hydrogen (secondary N) is 1. The van der Waals surface area contributed by atoms with Gasteiger partial charge >= 0.3 is 5.97 Å². The van der Waals surface area contributed by atoms with Crippen molar-refractivity contribution in [3.8, 4) is 0 Å². The van der Waals surface area contributed by atoms with Crippen LogP contribution in [0.25, 0.3) is 11.0 Å². The van der Waals surface area contributed by atoms with E-state index in [0.29, 0.717) is 13.1 Å². The summed E-state index contributed by atoms with van der Waals surface area (Å²) in [6, 6.07) is 7.99. The van der Waals surface area contributed by atoms with E-state index in [-0.39, 0.29) is 5.97 Å². The number of imidazole rings is 1. The Morgan fingerprint density at radius 1 is 1.38 bits per heavy atom.